The molecule has 3 amide bonds. The van der Waals surface area contributed by atoms with Crippen LogP contribution < -0.4 is 4.90 Å². The zero-order chi connectivity index (χ0) is 28.9. The molecule has 9 heteroatoms. The molecule has 1 spiro atoms. The lowest BCUT2D eigenvalue weighted by atomic mass is 9.66. The Kier molecular flexibility index (Phi) is 8.05. The van der Waals surface area contributed by atoms with Crippen molar-refractivity contribution in [3.8, 4) is 0 Å². The highest BCUT2D eigenvalue weighted by Crippen LogP contribution is 2.64. The molecule has 3 fully saturated rings. The molecule has 3 saturated heterocycles. The number of halogens is 1. The molecule has 1 aromatic rings. The lowest BCUT2D eigenvalue weighted by Crippen LogP contribution is -2.60. The molecule has 6 atom stereocenters. The van der Waals surface area contributed by atoms with Crippen molar-refractivity contribution in [2.75, 3.05) is 31.6 Å². The fourth-order valence-corrected chi connectivity index (χ4v) is 7.37. The Hall–Kier alpha value is -2.68. The van der Waals surface area contributed by atoms with Crippen molar-refractivity contribution in [1.29, 1.82) is 0 Å². The average Bonchev–Trinajstić information content (AvgIpc) is 3.44. The molecule has 3 aliphatic heterocycles. The summed E-state index contributed by atoms with van der Waals surface area (Å²) in [6, 6.07) is 3.73. The first-order valence-electron chi connectivity index (χ1n) is 13.6. The SMILES string of the molecule is C=CCN(C)C(=O)[C@@H]1[C@H]2C(=O)N([C@@H](CO)C(C)C)C(C(=O)N(CC=C)c3c(C)cccc3Cl)C23CC[C@@]1(C)O3. The van der Waals surface area contributed by atoms with Gasteiger partial charge in [0.2, 0.25) is 11.8 Å². The van der Waals surface area contributed by atoms with Crippen molar-refractivity contribution in [3.05, 3.63) is 54.1 Å². The minimum absolute atomic E-state index is 0.148. The summed E-state index contributed by atoms with van der Waals surface area (Å²) in [5.41, 5.74) is -0.769. The van der Waals surface area contributed by atoms with Gasteiger partial charge >= 0.3 is 0 Å². The van der Waals surface area contributed by atoms with Crippen molar-refractivity contribution >= 4 is 35.0 Å². The number of aliphatic hydroxyl groups is 1. The lowest BCUT2D eigenvalue weighted by Gasteiger charge is -2.41. The molecule has 4 rings (SSSR count). The predicted molar refractivity (Wildman–Crippen MR) is 151 cm³/mol. The van der Waals surface area contributed by atoms with Gasteiger partial charge in [-0.25, -0.2) is 0 Å². The number of carbonyl (C=O) groups is 3. The predicted octanol–water partition coefficient (Wildman–Crippen LogP) is 3.59. The summed E-state index contributed by atoms with van der Waals surface area (Å²) in [4.78, 5) is 47.5. The molecule has 0 aliphatic carbocycles. The van der Waals surface area contributed by atoms with Crippen LogP contribution in [0, 0.1) is 24.7 Å². The monoisotopic (exact) mass is 557 g/mol. The second-order valence-corrected chi connectivity index (χ2v) is 12.0. The topological polar surface area (TPSA) is 90.4 Å². The van der Waals surface area contributed by atoms with Crippen LogP contribution in [0.1, 0.15) is 39.2 Å². The summed E-state index contributed by atoms with van der Waals surface area (Å²) in [5, 5.41) is 10.9. The zero-order valence-corrected chi connectivity index (χ0v) is 24.3. The molecular formula is C30H40ClN3O5. The van der Waals surface area contributed by atoms with Crippen LogP contribution in [0.2, 0.25) is 5.02 Å². The average molecular weight is 558 g/mol. The second kappa shape index (κ2) is 10.7. The maximum absolute atomic E-state index is 14.7. The molecule has 8 nitrogen and oxygen atoms in total. The van der Waals surface area contributed by atoms with Gasteiger partial charge in [0.1, 0.15) is 11.6 Å². The molecule has 1 aromatic carbocycles. The second-order valence-electron chi connectivity index (χ2n) is 11.6. The van der Waals surface area contributed by atoms with Crippen LogP contribution in [0.3, 0.4) is 0 Å². The van der Waals surface area contributed by atoms with Gasteiger partial charge in [0.25, 0.3) is 5.91 Å². The normalized spacial score (nSPS) is 29.9. The van der Waals surface area contributed by atoms with Crippen LogP contribution in [0.4, 0.5) is 5.69 Å². The van der Waals surface area contributed by atoms with Crippen molar-refractivity contribution in [3.63, 3.8) is 0 Å². The number of benzene rings is 1. The number of likely N-dealkylation sites (N-methyl/N-ethyl adjacent to an activating group) is 1. The third-order valence-corrected chi connectivity index (χ3v) is 9.15. The Bertz CT molecular complexity index is 1170. The van der Waals surface area contributed by atoms with Gasteiger partial charge in [-0.3, -0.25) is 14.4 Å². The maximum Gasteiger partial charge on any atom is 0.253 e. The van der Waals surface area contributed by atoms with Gasteiger partial charge < -0.3 is 24.5 Å². The number of likely N-dealkylation sites (tertiary alicyclic amines) is 1. The van der Waals surface area contributed by atoms with Gasteiger partial charge in [-0.05, 0) is 44.2 Å². The van der Waals surface area contributed by atoms with E-state index in [1.54, 1.807) is 35.1 Å². The molecule has 3 aliphatic rings. The van der Waals surface area contributed by atoms with Crippen LogP contribution >= 0.6 is 11.6 Å². The van der Waals surface area contributed by atoms with Gasteiger partial charge in [-0.2, -0.15) is 0 Å². The highest BCUT2D eigenvalue weighted by molar-refractivity contribution is 6.34. The summed E-state index contributed by atoms with van der Waals surface area (Å²) in [6.45, 7) is 15.3. The molecule has 1 N–H and O–H groups in total. The van der Waals surface area contributed by atoms with E-state index in [-0.39, 0.29) is 36.8 Å². The largest absolute Gasteiger partial charge is 0.394 e. The number of fused-ring (bicyclic) bond motifs is 1. The number of carbonyl (C=O) groups excluding carboxylic acids is 3. The minimum atomic E-state index is -1.21. The van der Waals surface area contributed by atoms with E-state index in [2.05, 4.69) is 13.2 Å². The first-order valence-corrected chi connectivity index (χ1v) is 13.9. The molecule has 0 aromatic heterocycles. The van der Waals surface area contributed by atoms with Crippen LogP contribution in [-0.4, -0.2) is 82.7 Å². The van der Waals surface area contributed by atoms with E-state index in [0.29, 0.717) is 30.1 Å². The molecule has 2 unspecified atom stereocenters. The zero-order valence-electron chi connectivity index (χ0n) is 23.5. The van der Waals surface area contributed by atoms with Crippen molar-refractivity contribution < 1.29 is 24.2 Å². The molecule has 39 heavy (non-hydrogen) atoms. The molecule has 3 heterocycles. The fourth-order valence-electron chi connectivity index (χ4n) is 7.05. The van der Waals surface area contributed by atoms with Crippen molar-refractivity contribution in [1.82, 2.24) is 9.80 Å². The van der Waals surface area contributed by atoms with Gasteiger partial charge in [0.15, 0.2) is 0 Å². The highest BCUT2D eigenvalue weighted by Gasteiger charge is 2.79. The standard InChI is InChI=1S/C30H40ClN3O5/c1-8-15-32(7)26(36)22-23-27(37)34(21(17-35)18(3)4)25(30(23)14-13-29(22,6)39-30)28(38)33(16-9-2)24-19(5)11-10-12-20(24)31/h8-12,18,21-23,25,35H,1-2,13-17H2,3-7H3/t21-,22-,23-,25?,29+,30?/m0/s1. The third kappa shape index (κ3) is 4.41. The maximum atomic E-state index is 14.7. The van der Waals surface area contributed by atoms with Crippen LogP contribution in [0.5, 0.6) is 0 Å². The van der Waals surface area contributed by atoms with Gasteiger partial charge in [-0.15, -0.1) is 13.2 Å². The molecule has 0 radical (unpaired) electrons. The summed E-state index contributed by atoms with van der Waals surface area (Å²) in [5.74, 6) is -2.66. The lowest BCUT2D eigenvalue weighted by molar-refractivity contribution is -0.152. The van der Waals surface area contributed by atoms with Crippen molar-refractivity contribution in [2.24, 2.45) is 17.8 Å². The number of hydrogen-bond acceptors (Lipinski definition) is 5. The summed E-state index contributed by atoms with van der Waals surface area (Å²) in [7, 11) is 1.68. The van der Waals surface area contributed by atoms with E-state index >= 15 is 0 Å². The van der Waals surface area contributed by atoms with E-state index in [4.69, 9.17) is 16.3 Å². The Morgan fingerprint density at radius 1 is 1.23 bits per heavy atom. The number of rotatable bonds is 10. The highest BCUT2D eigenvalue weighted by atomic mass is 35.5. The third-order valence-electron chi connectivity index (χ3n) is 8.84. The molecule has 212 valence electrons. The molecular weight excluding hydrogens is 518 g/mol. The van der Waals surface area contributed by atoms with E-state index in [9.17, 15) is 19.5 Å². The van der Waals surface area contributed by atoms with Gasteiger partial charge in [0.05, 0.1) is 40.8 Å². The summed E-state index contributed by atoms with van der Waals surface area (Å²) < 4.78 is 6.74. The number of nitrogens with zero attached hydrogens (tertiary/aromatic N) is 3. The quantitative estimate of drug-likeness (QED) is 0.444. The van der Waals surface area contributed by atoms with Gasteiger partial charge in [0, 0.05) is 20.1 Å². The number of ether oxygens (including phenoxy) is 1. The number of para-hydroxylation sites is 1. The summed E-state index contributed by atoms with van der Waals surface area (Å²) >= 11 is 6.62. The van der Waals surface area contributed by atoms with E-state index in [0.717, 1.165) is 5.56 Å². The number of aliphatic hydroxyl groups excluding tert-OH is 1. The van der Waals surface area contributed by atoms with Crippen LogP contribution in [0.25, 0.3) is 0 Å². The number of amides is 3. The number of hydrogen-bond donors (Lipinski definition) is 1. The van der Waals surface area contributed by atoms with Gasteiger partial charge in [-0.1, -0.05) is 49.7 Å². The Morgan fingerprint density at radius 3 is 2.46 bits per heavy atom. The smallest absolute Gasteiger partial charge is 0.253 e. The van der Waals surface area contributed by atoms with Crippen molar-refractivity contribution in [2.45, 2.75) is 63.8 Å². The first-order chi connectivity index (χ1) is 18.4. The summed E-state index contributed by atoms with van der Waals surface area (Å²) in [6.07, 6.45) is 4.23. The van der Waals surface area contributed by atoms with Crippen LogP contribution in [-0.2, 0) is 19.1 Å². The molecule has 0 saturated carbocycles. The van der Waals surface area contributed by atoms with E-state index < -0.39 is 35.1 Å². The Balaban J connectivity index is 1.90. The fraction of sp³-hybridized carbons (Fsp3) is 0.567. The minimum Gasteiger partial charge on any atom is -0.394 e. The van der Waals surface area contributed by atoms with E-state index in [1.165, 1.54) is 4.90 Å². The van der Waals surface area contributed by atoms with Crippen LogP contribution in [0.15, 0.2) is 43.5 Å². The Labute approximate surface area is 236 Å². The van der Waals surface area contributed by atoms with E-state index in [1.807, 2.05) is 39.8 Å². The first kappa shape index (κ1) is 29.3. The number of anilines is 1. The molecule has 2 bridgehead atoms. The Morgan fingerprint density at radius 2 is 1.90 bits per heavy atom. The number of aryl methyl sites for hydroxylation is 1.